The van der Waals surface area contributed by atoms with Gasteiger partial charge in [-0.25, -0.2) is 4.98 Å². The van der Waals surface area contributed by atoms with E-state index in [0.29, 0.717) is 0 Å². The zero-order valence-electron chi connectivity index (χ0n) is 9.44. The van der Waals surface area contributed by atoms with Crippen molar-refractivity contribution in [1.29, 1.82) is 0 Å². The molecule has 0 aliphatic carbocycles. The molecule has 1 heterocycles. The monoisotopic (exact) mass is 216 g/mol. The van der Waals surface area contributed by atoms with E-state index in [1.54, 1.807) is 0 Å². The van der Waals surface area contributed by atoms with E-state index in [4.69, 9.17) is 0 Å². The Morgan fingerprint density at radius 2 is 1.73 bits per heavy atom. The van der Waals surface area contributed by atoms with Gasteiger partial charge in [-0.05, 0) is 0 Å². The first-order valence-electron chi connectivity index (χ1n) is 5.17. The molecule has 15 heavy (non-hydrogen) atoms. The van der Waals surface area contributed by atoms with Crippen molar-refractivity contribution in [1.82, 2.24) is 9.22 Å². The van der Waals surface area contributed by atoms with Crippen LogP contribution >= 0.6 is 0 Å². The first-order chi connectivity index (χ1) is 7.07. The largest absolute Gasteiger partial charge is 0.365 e. The van der Waals surface area contributed by atoms with E-state index in [1.165, 1.54) is 5.56 Å². The summed E-state index contributed by atoms with van der Waals surface area (Å²) in [6, 6.07) is 10.3. The van der Waals surface area contributed by atoms with Crippen LogP contribution in [0.3, 0.4) is 0 Å². The van der Waals surface area contributed by atoms with Crippen LogP contribution < -0.4 is 0 Å². The maximum absolute atomic E-state index is 4.45. The molecular weight excluding hydrogens is 200 g/mol. The molecule has 78 valence electrons. The van der Waals surface area contributed by atoms with Crippen LogP contribution in [-0.2, 0) is 0 Å². The van der Waals surface area contributed by atoms with Crippen LogP contribution in [0, 0.1) is 0 Å². The third-order valence-corrected chi connectivity index (χ3v) is 4.22. The molecule has 0 aliphatic rings. The Bertz CT molecular complexity index is 440. The summed E-state index contributed by atoms with van der Waals surface area (Å²) < 4.78 is 2.27. The third-order valence-electron chi connectivity index (χ3n) is 2.43. The minimum absolute atomic E-state index is 1.07. The highest BCUT2D eigenvalue weighted by Crippen LogP contribution is 2.18. The van der Waals surface area contributed by atoms with Gasteiger partial charge >= 0.3 is 0 Å². The molecule has 0 N–H and O–H groups in total. The highest BCUT2D eigenvalue weighted by molar-refractivity contribution is 6.74. The summed E-state index contributed by atoms with van der Waals surface area (Å²) in [5.74, 6) is 0. The summed E-state index contributed by atoms with van der Waals surface area (Å²) in [7, 11) is -1.29. The van der Waals surface area contributed by atoms with Gasteiger partial charge in [0, 0.05) is 11.8 Å². The normalized spacial score (nSPS) is 11.7. The molecule has 0 saturated heterocycles. The van der Waals surface area contributed by atoms with Gasteiger partial charge in [0.15, 0.2) is 8.24 Å². The van der Waals surface area contributed by atoms with E-state index in [2.05, 4.69) is 47.2 Å². The maximum Gasteiger partial charge on any atom is 0.154 e. The summed E-state index contributed by atoms with van der Waals surface area (Å²) >= 11 is 0. The second-order valence-corrected chi connectivity index (χ2v) is 9.56. The van der Waals surface area contributed by atoms with Crippen molar-refractivity contribution in [3.8, 4) is 11.3 Å². The highest BCUT2D eigenvalue weighted by atomic mass is 28.3. The van der Waals surface area contributed by atoms with Crippen molar-refractivity contribution < 1.29 is 0 Å². The third kappa shape index (κ3) is 2.18. The predicted molar refractivity (Wildman–Crippen MR) is 66.4 cm³/mol. The van der Waals surface area contributed by atoms with Gasteiger partial charge in [-0.2, -0.15) is 0 Å². The SMILES string of the molecule is C[Si](C)(C)n1cnc(-c2ccccc2)c1. The van der Waals surface area contributed by atoms with Gasteiger partial charge < -0.3 is 4.23 Å². The number of rotatable bonds is 2. The van der Waals surface area contributed by atoms with Gasteiger partial charge in [0.25, 0.3) is 0 Å². The smallest absolute Gasteiger partial charge is 0.154 e. The van der Waals surface area contributed by atoms with Crippen LogP contribution in [0.2, 0.25) is 19.6 Å². The first kappa shape index (κ1) is 10.2. The van der Waals surface area contributed by atoms with Gasteiger partial charge in [0.2, 0.25) is 0 Å². The van der Waals surface area contributed by atoms with E-state index in [-0.39, 0.29) is 0 Å². The Labute approximate surface area is 91.7 Å². The molecule has 1 aromatic heterocycles. The number of imidazole rings is 1. The van der Waals surface area contributed by atoms with Crippen LogP contribution in [-0.4, -0.2) is 17.5 Å². The Kier molecular flexibility index (Phi) is 2.48. The first-order valence-corrected chi connectivity index (χ1v) is 8.62. The van der Waals surface area contributed by atoms with Crippen molar-refractivity contribution in [3.63, 3.8) is 0 Å². The lowest BCUT2D eigenvalue weighted by Gasteiger charge is -2.16. The van der Waals surface area contributed by atoms with E-state index in [1.807, 2.05) is 24.5 Å². The van der Waals surface area contributed by atoms with Crippen molar-refractivity contribution >= 4 is 8.24 Å². The molecule has 0 radical (unpaired) electrons. The van der Waals surface area contributed by atoms with Gasteiger partial charge in [0.1, 0.15) is 0 Å². The standard InChI is InChI=1S/C12H16N2Si/c1-15(2,3)14-9-12(13-10-14)11-7-5-4-6-8-11/h4-10H,1-3H3. The number of benzene rings is 1. The average Bonchev–Trinajstić information content (AvgIpc) is 2.67. The van der Waals surface area contributed by atoms with E-state index >= 15 is 0 Å². The van der Waals surface area contributed by atoms with Crippen LogP contribution in [0.1, 0.15) is 0 Å². The lowest BCUT2D eigenvalue weighted by Crippen LogP contribution is -2.30. The number of aromatic nitrogens is 2. The summed E-state index contributed by atoms with van der Waals surface area (Å²) in [6.07, 6.45) is 4.11. The molecule has 2 aromatic rings. The fourth-order valence-corrected chi connectivity index (χ4v) is 2.36. The Morgan fingerprint density at radius 3 is 2.27 bits per heavy atom. The average molecular weight is 216 g/mol. The summed E-state index contributed by atoms with van der Waals surface area (Å²) in [4.78, 5) is 4.45. The van der Waals surface area contributed by atoms with E-state index in [9.17, 15) is 0 Å². The van der Waals surface area contributed by atoms with Crippen molar-refractivity contribution in [2.24, 2.45) is 0 Å². The Balaban J connectivity index is 2.37. The van der Waals surface area contributed by atoms with Gasteiger partial charge in [0.05, 0.1) is 12.0 Å². The van der Waals surface area contributed by atoms with E-state index in [0.717, 1.165) is 5.69 Å². The molecule has 0 amide bonds. The molecule has 0 fully saturated rings. The van der Waals surface area contributed by atoms with Crippen LogP contribution in [0.15, 0.2) is 42.9 Å². The molecule has 2 nitrogen and oxygen atoms in total. The minimum Gasteiger partial charge on any atom is -0.365 e. The molecule has 1 aromatic carbocycles. The zero-order chi connectivity index (χ0) is 10.9. The zero-order valence-corrected chi connectivity index (χ0v) is 10.4. The quantitative estimate of drug-likeness (QED) is 0.705. The second-order valence-electron chi connectivity index (χ2n) is 4.70. The molecule has 0 aliphatic heterocycles. The Morgan fingerprint density at radius 1 is 1.07 bits per heavy atom. The lowest BCUT2D eigenvalue weighted by molar-refractivity contribution is 1.12. The predicted octanol–water partition coefficient (Wildman–Crippen LogP) is 3.23. The minimum atomic E-state index is -1.29. The molecule has 0 spiro atoms. The fraction of sp³-hybridized carbons (Fsp3) is 0.250. The molecule has 0 saturated carbocycles. The Hall–Kier alpha value is -1.35. The van der Waals surface area contributed by atoms with Gasteiger partial charge in [-0.1, -0.05) is 50.0 Å². The van der Waals surface area contributed by atoms with Crippen LogP contribution in [0.5, 0.6) is 0 Å². The van der Waals surface area contributed by atoms with E-state index < -0.39 is 8.24 Å². The summed E-state index contributed by atoms with van der Waals surface area (Å²) in [6.45, 7) is 6.93. The molecule has 2 rings (SSSR count). The van der Waals surface area contributed by atoms with Crippen molar-refractivity contribution in [2.45, 2.75) is 19.6 Å². The summed E-state index contributed by atoms with van der Waals surface area (Å²) in [5.41, 5.74) is 2.26. The number of nitrogens with zero attached hydrogens (tertiary/aromatic N) is 2. The van der Waals surface area contributed by atoms with Crippen LogP contribution in [0.25, 0.3) is 11.3 Å². The van der Waals surface area contributed by atoms with Crippen molar-refractivity contribution in [2.75, 3.05) is 0 Å². The molecular formula is C12H16N2Si. The molecule has 0 bridgehead atoms. The molecule has 0 atom stereocenters. The number of hydrogen-bond acceptors (Lipinski definition) is 1. The molecule has 3 heteroatoms. The second kappa shape index (κ2) is 3.66. The van der Waals surface area contributed by atoms with Crippen LogP contribution in [0.4, 0.5) is 0 Å². The van der Waals surface area contributed by atoms with Gasteiger partial charge in [-0.3, -0.25) is 0 Å². The maximum atomic E-state index is 4.45. The topological polar surface area (TPSA) is 17.8 Å². The lowest BCUT2D eigenvalue weighted by atomic mass is 10.2. The summed E-state index contributed by atoms with van der Waals surface area (Å²) in [5, 5.41) is 0. The highest BCUT2D eigenvalue weighted by Gasteiger charge is 2.16. The van der Waals surface area contributed by atoms with Crippen molar-refractivity contribution in [3.05, 3.63) is 42.9 Å². The fourth-order valence-electron chi connectivity index (χ4n) is 1.45. The number of hydrogen-bond donors (Lipinski definition) is 0. The molecule has 0 unspecified atom stereocenters. The van der Waals surface area contributed by atoms with Gasteiger partial charge in [-0.15, -0.1) is 0 Å².